The molecule has 1 saturated heterocycles. The summed E-state index contributed by atoms with van der Waals surface area (Å²) in [5.74, 6) is -1.71. The number of nitrogens with zero attached hydrogens (tertiary/aromatic N) is 2. The second-order valence-corrected chi connectivity index (χ2v) is 9.93. The zero-order valence-corrected chi connectivity index (χ0v) is 23.0. The van der Waals surface area contributed by atoms with E-state index in [1.807, 2.05) is 0 Å². The van der Waals surface area contributed by atoms with Crippen LogP contribution in [0.1, 0.15) is 18.1 Å². The van der Waals surface area contributed by atoms with E-state index < -0.39 is 51.7 Å². The normalized spacial score (nSPS) is 14.3. The quantitative estimate of drug-likeness (QED) is 0.152. The minimum absolute atomic E-state index is 0.0220. The number of hydrogen-bond acceptors (Lipinski definition) is 8. The van der Waals surface area contributed by atoms with E-state index in [0.29, 0.717) is 40.2 Å². The van der Waals surface area contributed by atoms with Crippen molar-refractivity contribution in [2.24, 2.45) is 0 Å². The standard InChI is InChI=1S/C27H19ClF3N3O7S/c1-2-40-22-11-15(3-9-21(22)41-20-10-4-16(27(29,30)31)13-19(20)34(38)39)12-23-25(36)33(26(37)42-23)14-24(35)32-18-7-5-17(28)6-8-18/h3-13H,2,14H2,1H3,(H,32,35)/b23-12+. The molecule has 1 N–H and O–H groups in total. The largest absolute Gasteiger partial charge is 0.490 e. The van der Waals surface area contributed by atoms with Crippen molar-refractivity contribution >= 4 is 57.9 Å². The van der Waals surface area contributed by atoms with Crippen LogP contribution < -0.4 is 14.8 Å². The van der Waals surface area contributed by atoms with Crippen molar-refractivity contribution in [3.05, 3.63) is 91.8 Å². The van der Waals surface area contributed by atoms with E-state index >= 15 is 0 Å². The summed E-state index contributed by atoms with van der Waals surface area (Å²) >= 11 is 6.45. The fraction of sp³-hybridized carbons (Fsp3) is 0.148. The average molecular weight is 622 g/mol. The van der Waals surface area contributed by atoms with E-state index in [1.165, 1.54) is 24.3 Å². The van der Waals surface area contributed by atoms with Gasteiger partial charge in [0.15, 0.2) is 11.5 Å². The van der Waals surface area contributed by atoms with Crippen LogP contribution in [0.3, 0.4) is 0 Å². The number of nitro benzene ring substituents is 1. The van der Waals surface area contributed by atoms with Crippen LogP contribution in [-0.4, -0.2) is 40.0 Å². The number of nitro groups is 1. The molecule has 3 aromatic carbocycles. The van der Waals surface area contributed by atoms with Gasteiger partial charge < -0.3 is 14.8 Å². The molecule has 1 fully saturated rings. The highest BCUT2D eigenvalue weighted by Crippen LogP contribution is 2.41. The molecule has 1 heterocycles. The lowest BCUT2D eigenvalue weighted by Crippen LogP contribution is -2.36. The van der Waals surface area contributed by atoms with Crippen molar-refractivity contribution in [1.82, 2.24) is 4.90 Å². The minimum Gasteiger partial charge on any atom is -0.490 e. The van der Waals surface area contributed by atoms with Crippen LogP contribution in [0.25, 0.3) is 6.08 Å². The molecule has 0 saturated carbocycles. The average Bonchev–Trinajstić information content (AvgIpc) is 3.18. The van der Waals surface area contributed by atoms with Gasteiger partial charge in [-0.15, -0.1) is 0 Å². The van der Waals surface area contributed by atoms with E-state index in [-0.39, 0.29) is 23.0 Å². The van der Waals surface area contributed by atoms with Gasteiger partial charge in [0.1, 0.15) is 6.54 Å². The van der Waals surface area contributed by atoms with Crippen LogP contribution in [0.4, 0.5) is 29.3 Å². The summed E-state index contributed by atoms with van der Waals surface area (Å²) in [6.07, 6.45) is -3.41. The summed E-state index contributed by atoms with van der Waals surface area (Å²) in [5.41, 5.74) is -1.30. The molecule has 218 valence electrons. The second kappa shape index (κ2) is 12.5. The molecular formula is C27H19ClF3N3O7S. The molecular weight excluding hydrogens is 603 g/mol. The van der Waals surface area contributed by atoms with Gasteiger partial charge in [0, 0.05) is 16.8 Å². The molecule has 42 heavy (non-hydrogen) atoms. The van der Waals surface area contributed by atoms with Gasteiger partial charge in [-0.2, -0.15) is 13.2 Å². The highest BCUT2D eigenvalue weighted by atomic mass is 35.5. The molecule has 0 bridgehead atoms. The summed E-state index contributed by atoms with van der Waals surface area (Å²) in [5, 5.41) is 13.8. The van der Waals surface area contributed by atoms with Gasteiger partial charge in [-0.3, -0.25) is 29.4 Å². The van der Waals surface area contributed by atoms with Crippen molar-refractivity contribution in [3.8, 4) is 17.2 Å². The number of rotatable bonds is 9. The third-order valence-electron chi connectivity index (χ3n) is 5.57. The van der Waals surface area contributed by atoms with Crippen molar-refractivity contribution in [2.45, 2.75) is 13.1 Å². The number of anilines is 1. The number of nitrogens with one attached hydrogen (secondary N) is 1. The van der Waals surface area contributed by atoms with E-state index in [4.69, 9.17) is 21.1 Å². The molecule has 1 aliphatic heterocycles. The zero-order valence-electron chi connectivity index (χ0n) is 21.4. The van der Waals surface area contributed by atoms with Crippen LogP contribution >= 0.6 is 23.4 Å². The number of carbonyl (C=O) groups excluding carboxylic acids is 3. The summed E-state index contributed by atoms with van der Waals surface area (Å²) in [4.78, 5) is 49.0. The number of amides is 3. The molecule has 1 aliphatic rings. The van der Waals surface area contributed by atoms with E-state index in [9.17, 15) is 37.7 Å². The maximum absolute atomic E-state index is 13.0. The Labute approximate surface area is 245 Å². The number of carbonyl (C=O) groups is 3. The van der Waals surface area contributed by atoms with Gasteiger partial charge in [0.05, 0.1) is 22.0 Å². The highest BCUT2D eigenvalue weighted by Gasteiger charge is 2.36. The number of alkyl halides is 3. The zero-order chi connectivity index (χ0) is 30.6. The first-order valence-electron chi connectivity index (χ1n) is 12.0. The topological polar surface area (TPSA) is 128 Å². The van der Waals surface area contributed by atoms with Gasteiger partial charge in [-0.05, 0) is 78.9 Å². The van der Waals surface area contributed by atoms with Gasteiger partial charge >= 0.3 is 11.9 Å². The maximum Gasteiger partial charge on any atom is 0.416 e. The molecule has 0 aliphatic carbocycles. The molecule has 0 radical (unpaired) electrons. The molecule has 3 amide bonds. The molecule has 3 aromatic rings. The SMILES string of the molecule is CCOc1cc(/C=C2/SC(=O)N(CC(=O)Nc3ccc(Cl)cc3)C2=O)ccc1Oc1ccc(C(F)(F)F)cc1[N+](=O)[O-]. The summed E-state index contributed by atoms with van der Waals surface area (Å²) in [7, 11) is 0. The summed E-state index contributed by atoms with van der Waals surface area (Å²) in [6, 6.07) is 12.4. The van der Waals surface area contributed by atoms with Crippen molar-refractivity contribution in [1.29, 1.82) is 0 Å². The van der Waals surface area contributed by atoms with Crippen LogP contribution in [0.15, 0.2) is 65.6 Å². The van der Waals surface area contributed by atoms with E-state index in [0.717, 1.165) is 11.0 Å². The Balaban J connectivity index is 1.53. The van der Waals surface area contributed by atoms with Gasteiger partial charge in [-0.1, -0.05) is 17.7 Å². The number of benzene rings is 3. The van der Waals surface area contributed by atoms with Crippen molar-refractivity contribution in [3.63, 3.8) is 0 Å². The number of halogens is 4. The highest BCUT2D eigenvalue weighted by molar-refractivity contribution is 8.18. The fourth-order valence-electron chi connectivity index (χ4n) is 3.67. The lowest BCUT2D eigenvalue weighted by Gasteiger charge is -2.14. The number of hydrogen-bond donors (Lipinski definition) is 1. The Morgan fingerprint density at radius 3 is 2.40 bits per heavy atom. The molecule has 0 unspecified atom stereocenters. The second-order valence-electron chi connectivity index (χ2n) is 8.50. The first-order valence-corrected chi connectivity index (χ1v) is 13.2. The maximum atomic E-state index is 13.0. The van der Waals surface area contributed by atoms with E-state index in [1.54, 1.807) is 31.2 Å². The van der Waals surface area contributed by atoms with Crippen LogP contribution in [0, 0.1) is 10.1 Å². The van der Waals surface area contributed by atoms with Crippen LogP contribution in [-0.2, 0) is 15.8 Å². The molecule has 4 rings (SSSR count). The lowest BCUT2D eigenvalue weighted by molar-refractivity contribution is -0.385. The van der Waals surface area contributed by atoms with Gasteiger partial charge in [0.25, 0.3) is 11.1 Å². The number of ether oxygens (including phenoxy) is 2. The van der Waals surface area contributed by atoms with Gasteiger partial charge in [-0.25, -0.2) is 0 Å². The van der Waals surface area contributed by atoms with Crippen molar-refractivity contribution < 1.29 is 42.0 Å². The van der Waals surface area contributed by atoms with Gasteiger partial charge in [0.2, 0.25) is 11.7 Å². The molecule has 0 spiro atoms. The smallest absolute Gasteiger partial charge is 0.416 e. The first-order chi connectivity index (χ1) is 19.8. The fourth-order valence-corrected chi connectivity index (χ4v) is 4.64. The number of thioether (sulfide) groups is 1. The molecule has 0 atom stereocenters. The monoisotopic (exact) mass is 621 g/mol. The minimum atomic E-state index is -4.79. The Bertz CT molecular complexity index is 1600. The number of imide groups is 1. The first kappa shape index (κ1) is 30.4. The Kier molecular flexibility index (Phi) is 9.07. The lowest BCUT2D eigenvalue weighted by atomic mass is 10.1. The van der Waals surface area contributed by atoms with E-state index in [2.05, 4.69) is 5.32 Å². The third kappa shape index (κ3) is 7.19. The van der Waals surface area contributed by atoms with Crippen LogP contribution in [0.2, 0.25) is 5.02 Å². The summed E-state index contributed by atoms with van der Waals surface area (Å²) in [6.45, 7) is 1.26. The Hall–Kier alpha value is -4.56. The third-order valence-corrected chi connectivity index (χ3v) is 6.73. The predicted molar refractivity (Wildman–Crippen MR) is 149 cm³/mol. The van der Waals surface area contributed by atoms with Crippen molar-refractivity contribution in [2.75, 3.05) is 18.5 Å². The Morgan fingerprint density at radius 1 is 1.07 bits per heavy atom. The Morgan fingerprint density at radius 2 is 1.76 bits per heavy atom. The predicted octanol–water partition coefficient (Wildman–Crippen LogP) is 7.13. The molecule has 15 heteroatoms. The summed E-state index contributed by atoms with van der Waals surface area (Å²) < 4.78 is 50.2. The molecule has 10 nitrogen and oxygen atoms in total. The van der Waals surface area contributed by atoms with Crippen LogP contribution in [0.5, 0.6) is 17.2 Å². The molecule has 0 aromatic heterocycles.